The van der Waals surface area contributed by atoms with Crippen LogP contribution in [0.2, 0.25) is 0 Å². The van der Waals surface area contributed by atoms with E-state index >= 15 is 0 Å². The van der Waals surface area contributed by atoms with Gasteiger partial charge in [-0.15, -0.1) is 11.8 Å². The number of phenolic OH excluding ortho intramolecular Hbond substituents is 1. The summed E-state index contributed by atoms with van der Waals surface area (Å²) in [6.45, 7) is 1.59. The zero-order valence-electron chi connectivity index (χ0n) is 13.1. The summed E-state index contributed by atoms with van der Waals surface area (Å²) in [4.78, 5) is 15.5. The van der Waals surface area contributed by atoms with Crippen LogP contribution in [-0.4, -0.2) is 17.4 Å². The van der Waals surface area contributed by atoms with Gasteiger partial charge in [0.15, 0.2) is 0 Å². The van der Waals surface area contributed by atoms with Crippen LogP contribution >= 0.6 is 11.8 Å². The average molecular weight is 339 g/mol. The van der Waals surface area contributed by atoms with E-state index in [2.05, 4.69) is 23.1 Å². The Morgan fingerprint density at radius 3 is 2.96 bits per heavy atom. The van der Waals surface area contributed by atoms with Crippen molar-refractivity contribution < 1.29 is 9.52 Å². The number of anilines is 1. The van der Waals surface area contributed by atoms with E-state index in [0.717, 1.165) is 29.7 Å². The minimum absolute atomic E-state index is 0.0966. The van der Waals surface area contributed by atoms with E-state index in [1.165, 1.54) is 16.6 Å². The highest BCUT2D eigenvalue weighted by molar-refractivity contribution is 7.99. The van der Waals surface area contributed by atoms with Gasteiger partial charge in [0.2, 0.25) is 0 Å². The van der Waals surface area contributed by atoms with Crippen LogP contribution in [0.25, 0.3) is 11.0 Å². The van der Waals surface area contributed by atoms with E-state index in [1.807, 2.05) is 17.8 Å². The van der Waals surface area contributed by atoms with Gasteiger partial charge in [0.05, 0.1) is 5.69 Å². The van der Waals surface area contributed by atoms with Crippen molar-refractivity contribution in [3.8, 4) is 5.75 Å². The Kier molecular flexibility index (Phi) is 3.94. The van der Waals surface area contributed by atoms with Gasteiger partial charge in [0.1, 0.15) is 11.3 Å². The second-order valence-corrected chi connectivity index (χ2v) is 7.00. The Morgan fingerprint density at radius 2 is 2.04 bits per heavy atom. The maximum Gasteiger partial charge on any atom is 0.336 e. The monoisotopic (exact) mass is 339 g/mol. The third-order valence-electron chi connectivity index (χ3n) is 4.21. The van der Waals surface area contributed by atoms with Gasteiger partial charge in [-0.25, -0.2) is 4.79 Å². The molecule has 0 saturated carbocycles. The first-order valence-electron chi connectivity index (χ1n) is 7.93. The van der Waals surface area contributed by atoms with Crippen LogP contribution in [0.4, 0.5) is 5.69 Å². The molecule has 0 saturated heterocycles. The molecule has 4 rings (SSSR count). The summed E-state index contributed by atoms with van der Waals surface area (Å²) in [5.41, 5.74) is 2.17. The number of benzene rings is 2. The van der Waals surface area contributed by atoms with Gasteiger partial charge in [-0.3, -0.25) is 0 Å². The van der Waals surface area contributed by atoms with Crippen molar-refractivity contribution in [3.63, 3.8) is 0 Å². The van der Waals surface area contributed by atoms with Crippen LogP contribution in [0.3, 0.4) is 0 Å². The molecule has 1 aromatic heterocycles. The van der Waals surface area contributed by atoms with E-state index in [-0.39, 0.29) is 11.4 Å². The maximum absolute atomic E-state index is 11.9. The largest absolute Gasteiger partial charge is 0.508 e. The summed E-state index contributed by atoms with van der Waals surface area (Å²) in [6, 6.07) is 14.9. The molecule has 2 heterocycles. The van der Waals surface area contributed by atoms with Crippen LogP contribution in [0, 0.1) is 0 Å². The molecular weight excluding hydrogens is 322 g/mol. The second-order valence-electron chi connectivity index (χ2n) is 5.86. The van der Waals surface area contributed by atoms with Gasteiger partial charge < -0.3 is 14.4 Å². The van der Waals surface area contributed by atoms with E-state index in [4.69, 9.17) is 4.42 Å². The molecule has 5 heteroatoms. The highest BCUT2D eigenvalue weighted by Crippen LogP contribution is 2.35. The Morgan fingerprint density at radius 1 is 1.17 bits per heavy atom. The van der Waals surface area contributed by atoms with E-state index in [1.54, 1.807) is 18.2 Å². The average Bonchev–Trinajstić information content (AvgIpc) is 2.77. The SMILES string of the molecule is O=c1cc(CN2CCCSc3ccccc32)c2ccc(O)cc2o1. The molecule has 24 heavy (non-hydrogen) atoms. The van der Waals surface area contributed by atoms with Crippen LogP contribution in [-0.2, 0) is 6.54 Å². The van der Waals surface area contributed by atoms with Crippen LogP contribution in [0.5, 0.6) is 5.75 Å². The highest BCUT2D eigenvalue weighted by Gasteiger charge is 2.17. The van der Waals surface area contributed by atoms with Gasteiger partial charge in [-0.1, -0.05) is 12.1 Å². The number of hydrogen-bond acceptors (Lipinski definition) is 5. The lowest BCUT2D eigenvalue weighted by atomic mass is 10.1. The third kappa shape index (κ3) is 2.87. The van der Waals surface area contributed by atoms with Crippen molar-refractivity contribution in [2.24, 2.45) is 0 Å². The molecular formula is C19H17NO3S. The van der Waals surface area contributed by atoms with Crippen LogP contribution in [0.15, 0.2) is 62.6 Å². The van der Waals surface area contributed by atoms with Gasteiger partial charge in [-0.05, 0) is 42.0 Å². The van der Waals surface area contributed by atoms with Crippen molar-refractivity contribution >= 4 is 28.4 Å². The van der Waals surface area contributed by atoms with Gasteiger partial charge in [-0.2, -0.15) is 0 Å². The van der Waals surface area contributed by atoms with E-state index in [0.29, 0.717) is 12.1 Å². The number of thioether (sulfide) groups is 1. The molecule has 4 nitrogen and oxygen atoms in total. The Labute approximate surface area is 143 Å². The number of aromatic hydroxyl groups is 1. The summed E-state index contributed by atoms with van der Waals surface area (Å²) >= 11 is 1.88. The molecule has 0 aliphatic carbocycles. The fourth-order valence-electron chi connectivity index (χ4n) is 3.12. The van der Waals surface area contributed by atoms with Crippen molar-refractivity contribution in [3.05, 3.63) is 64.5 Å². The number of fused-ring (bicyclic) bond motifs is 2. The molecule has 0 fully saturated rings. The Balaban J connectivity index is 1.78. The van der Waals surface area contributed by atoms with Crippen molar-refractivity contribution in [2.75, 3.05) is 17.2 Å². The predicted molar refractivity (Wildman–Crippen MR) is 97.0 cm³/mol. The first-order chi connectivity index (χ1) is 11.7. The molecule has 1 aliphatic rings. The summed E-state index contributed by atoms with van der Waals surface area (Å²) in [5, 5.41) is 10.5. The molecule has 0 atom stereocenters. The normalized spacial score (nSPS) is 14.4. The second kappa shape index (κ2) is 6.24. The first kappa shape index (κ1) is 15.1. The Hall–Kier alpha value is -2.40. The zero-order valence-corrected chi connectivity index (χ0v) is 13.9. The van der Waals surface area contributed by atoms with Gasteiger partial charge >= 0.3 is 5.63 Å². The van der Waals surface area contributed by atoms with E-state index in [9.17, 15) is 9.90 Å². The number of hydrogen-bond donors (Lipinski definition) is 1. The lowest BCUT2D eigenvalue weighted by Gasteiger charge is -2.25. The third-order valence-corrected chi connectivity index (χ3v) is 5.36. The molecule has 0 spiro atoms. The molecule has 0 unspecified atom stereocenters. The summed E-state index contributed by atoms with van der Waals surface area (Å²) in [6.07, 6.45) is 1.10. The van der Waals surface area contributed by atoms with E-state index < -0.39 is 0 Å². The maximum atomic E-state index is 11.9. The number of para-hydroxylation sites is 1. The smallest absolute Gasteiger partial charge is 0.336 e. The topological polar surface area (TPSA) is 53.7 Å². The van der Waals surface area contributed by atoms with Crippen LogP contribution in [0.1, 0.15) is 12.0 Å². The molecule has 1 N–H and O–H groups in total. The van der Waals surface area contributed by atoms with Gasteiger partial charge in [0, 0.05) is 35.5 Å². The summed E-state index contributed by atoms with van der Waals surface area (Å²) in [5.74, 6) is 1.19. The van der Waals surface area contributed by atoms with Crippen molar-refractivity contribution in [1.29, 1.82) is 0 Å². The lowest BCUT2D eigenvalue weighted by molar-refractivity contribution is 0.473. The summed E-state index contributed by atoms with van der Waals surface area (Å²) < 4.78 is 5.23. The molecule has 0 radical (unpaired) electrons. The number of phenols is 1. The molecule has 0 amide bonds. The number of nitrogens with zero attached hydrogens (tertiary/aromatic N) is 1. The highest BCUT2D eigenvalue weighted by atomic mass is 32.2. The fourth-order valence-corrected chi connectivity index (χ4v) is 4.13. The minimum Gasteiger partial charge on any atom is -0.508 e. The van der Waals surface area contributed by atoms with Crippen molar-refractivity contribution in [2.45, 2.75) is 17.9 Å². The van der Waals surface area contributed by atoms with Crippen LogP contribution < -0.4 is 10.5 Å². The zero-order chi connectivity index (χ0) is 16.5. The minimum atomic E-state index is -0.388. The standard InChI is InChI=1S/C19H17NO3S/c21-14-6-7-15-13(10-19(22)23-17(15)11-14)12-20-8-3-9-24-18-5-2-1-4-16(18)20/h1-2,4-7,10-11,21H,3,8-9,12H2. The molecule has 2 aromatic carbocycles. The fraction of sp³-hybridized carbons (Fsp3) is 0.211. The summed E-state index contributed by atoms with van der Waals surface area (Å²) in [7, 11) is 0. The predicted octanol–water partition coefficient (Wildman–Crippen LogP) is 4.00. The molecule has 1 aliphatic heterocycles. The van der Waals surface area contributed by atoms with Crippen molar-refractivity contribution in [1.82, 2.24) is 0 Å². The Bertz CT molecular complexity index is 951. The molecule has 0 bridgehead atoms. The first-order valence-corrected chi connectivity index (χ1v) is 8.92. The van der Waals surface area contributed by atoms with Gasteiger partial charge in [0.25, 0.3) is 0 Å². The number of rotatable bonds is 2. The molecule has 122 valence electrons. The lowest BCUT2D eigenvalue weighted by Crippen LogP contribution is -2.24. The molecule has 3 aromatic rings. The quantitative estimate of drug-likeness (QED) is 0.715.